The van der Waals surface area contributed by atoms with Crippen LogP contribution in [0.2, 0.25) is 0 Å². The average molecular weight is 310 g/mol. The molecule has 3 rings (SSSR count). The first-order valence-corrected chi connectivity index (χ1v) is 7.55. The molecule has 0 atom stereocenters. The van der Waals surface area contributed by atoms with E-state index in [1.807, 2.05) is 38.1 Å². The molecule has 6 heteroatoms. The maximum atomic E-state index is 12.2. The van der Waals surface area contributed by atoms with Crippen molar-refractivity contribution in [3.63, 3.8) is 0 Å². The van der Waals surface area contributed by atoms with Gasteiger partial charge < -0.3 is 15.0 Å². The Hall–Kier alpha value is -2.89. The Bertz CT molecular complexity index is 841. The molecule has 3 aromatic rings. The quantitative estimate of drug-likeness (QED) is 0.758. The van der Waals surface area contributed by atoms with Crippen molar-refractivity contribution < 1.29 is 9.53 Å². The molecule has 0 saturated heterocycles. The Labute approximate surface area is 133 Å². The Morgan fingerprint density at radius 3 is 2.96 bits per heavy atom. The fourth-order valence-electron chi connectivity index (χ4n) is 2.21. The number of nitrogens with one attached hydrogen (secondary N) is 2. The van der Waals surface area contributed by atoms with Crippen molar-refractivity contribution in [2.45, 2.75) is 20.3 Å². The standard InChI is InChI=1S/C17H18N4O2/c1-3-8-18-17(22)12-9-19-16-15(12)21-14(10-20-16)23-13-7-5-4-6-11(13)2/h4-7,9-10H,3,8H2,1-2H3,(H,18,22)(H,19,20). The average Bonchev–Trinajstić information content (AvgIpc) is 2.98. The lowest BCUT2D eigenvalue weighted by Gasteiger charge is -2.07. The molecule has 1 amide bonds. The first-order valence-electron chi connectivity index (χ1n) is 7.55. The molecule has 2 aromatic heterocycles. The molecule has 0 bridgehead atoms. The molecule has 1 aromatic carbocycles. The van der Waals surface area contributed by atoms with Gasteiger partial charge in [-0.15, -0.1) is 0 Å². The maximum Gasteiger partial charge on any atom is 0.255 e. The highest BCUT2D eigenvalue weighted by Crippen LogP contribution is 2.24. The van der Waals surface area contributed by atoms with Crippen LogP contribution in [0.5, 0.6) is 11.6 Å². The third kappa shape index (κ3) is 3.15. The highest BCUT2D eigenvalue weighted by Gasteiger charge is 2.15. The number of fused-ring (bicyclic) bond motifs is 1. The SMILES string of the molecule is CCCNC(=O)c1c[nH]c2ncc(Oc3ccccc3C)nc12. The number of hydrogen-bond donors (Lipinski definition) is 2. The fourth-order valence-corrected chi connectivity index (χ4v) is 2.21. The van der Waals surface area contributed by atoms with Gasteiger partial charge in [-0.25, -0.2) is 9.97 Å². The summed E-state index contributed by atoms with van der Waals surface area (Å²) in [5.74, 6) is 0.907. The zero-order chi connectivity index (χ0) is 16.2. The number of rotatable bonds is 5. The van der Waals surface area contributed by atoms with Crippen molar-refractivity contribution in [2.75, 3.05) is 6.54 Å². The number of para-hydroxylation sites is 1. The van der Waals surface area contributed by atoms with Gasteiger partial charge in [0.05, 0.1) is 11.8 Å². The van der Waals surface area contributed by atoms with Crippen molar-refractivity contribution in [3.05, 3.63) is 47.8 Å². The molecule has 0 aliphatic heterocycles. The highest BCUT2D eigenvalue weighted by molar-refractivity contribution is 6.04. The molecule has 6 nitrogen and oxygen atoms in total. The number of amides is 1. The normalized spacial score (nSPS) is 10.7. The molecule has 2 heterocycles. The Morgan fingerprint density at radius 2 is 2.17 bits per heavy atom. The summed E-state index contributed by atoms with van der Waals surface area (Å²) in [6.07, 6.45) is 4.04. The smallest absolute Gasteiger partial charge is 0.255 e. The fraction of sp³-hybridized carbons (Fsp3) is 0.235. The van der Waals surface area contributed by atoms with Gasteiger partial charge in [-0.2, -0.15) is 0 Å². The van der Waals surface area contributed by atoms with Crippen molar-refractivity contribution >= 4 is 17.1 Å². The molecule has 0 aliphatic carbocycles. The number of carbonyl (C=O) groups is 1. The van der Waals surface area contributed by atoms with E-state index in [-0.39, 0.29) is 5.91 Å². The maximum absolute atomic E-state index is 12.2. The van der Waals surface area contributed by atoms with Crippen molar-refractivity contribution in [1.29, 1.82) is 0 Å². The van der Waals surface area contributed by atoms with Crippen LogP contribution in [0.25, 0.3) is 11.2 Å². The molecule has 118 valence electrons. The van der Waals surface area contributed by atoms with Gasteiger partial charge in [0.1, 0.15) is 11.3 Å². The van der Waals surface area contributed by atoms with Crippen LogP contribution >= 0.6 is 0 Å². The van der Waals surface area contributed by atoms with Gasteiger partial charge in [0, 0.05) is 12.7 Å². The molecule has 0 spiro atoms. The second kappa shape index (κ2) is 6.48. The second-order valence-electron chi connectivity index (χ2n) is 5.23. The number of aromatic nitrogens is 3. The van der Waals surface area contributed by atoms with Crippen LogP contribution in [0, 0.1) is 6.92 Å². The zero-order valence-electron chi connectivity index (χ0n) is 13.1. The number of nitrogens with zero attached hydrogens (tertiary/aromatic N) is 2. The monoisotopic (exact) mass is 310 g/mol. The van der Waals surface area contributed by atoms with E-state index in [0.717, 1.165) is 12.0 Å². The highest BCUT2D eigenvalue weighted by atomic mass is 16.5. The molecule has 0 radical (unpaired) electrons. The third-order valence-corrected chi connectivity index (χ3v) is 3.45. The van der Waals surface area contributed by atoms with Gasteiger partial charge in [-0.1, -0.05) is 25.1 Å². The van der Waals surface area contributed by atoms with E-state index < -0.39 is 0 Å². The van der Waals surface area contributed by atoms with Gasteiger partial charge in [-0.3, -0.25) is 4.79 Å². The van der Waals surface area contributed by atoms with Crippen LogP contribution in [0.4, 0.5) is 0 Å². The van der Waals surface area contributed by atoms with E-state index in [2.05, 4.69) is 20.3 Å². The zero-order valence-corrected chi connectivity index (χ0v) is 13.1. The van der Waals surface area contributed by atoms with Crippen LogP contribution in [-0.2, 0) is 0 Å². The molecular weight excluding hydrogens is 292 g/mol. The lowest BCUT2D eigenvalue weighted by atomic mass is 10.2. The molecule has 23 heavy (non-hydrogen) atoms. The predicted octanol–water partition coefficient (Wildman–Crippen LogP) is 3.20. The summed E-state index contributed by atoms with van der Waals surface area (Å²) in [4.78, 5) is 23.8. The van der Waals surface area contributed by atoms with Crippen LogP contribution in [-0.4, -0.2) is 27.4 Å². The Morgan fingerprint density at radius 1 is 1.35 bits per heavy atom. The van der Waals surface area contributed by atoms with Crippen molar-refractivity contribution in [3.8, 4) is 11.6 Å². The second-order valence-corrected chi connectivity index (χ2v) is 5.23. The summed E-state index contributed by atoms with van der Waals surface area (Å²) in [6, 6.07) is 7.67. The van der Waals surface area contributed by atoms with Gasteiger partial charge in [0.25, 0.3) is 5.91 Å². The minimum atomic E-state index is -0.166. The molecule has 0 aliphatic rings. The Kier molecular flexibility index (Phi) is 4.23. The van der Waals surface area contributed by atoms with Crippen LogP contribution in [0.15, 0.2) is 36.7 Å². The van der Waals surface area contributed by atoms with Gasteiger partial charge in [0.2, 0.25) is 5.88 Å². The van der Waals surface area contributed by atoms with E-state index in [1.54, 1.807) is 12.4 Å². The summed E-state index contributed by atoms with van der Waals surface area (Å²) in [6.45, 7) is 4.59. The largest absolute Gasteiger partial charge is 0.437 e. The first-order chi connectivity index (χ1) is 11.2. The topological polar surface area (TPSA) is 79.9 Å². The van der Waals surface area contributed by atoms with E-state index in [1.165, 1.54) is 0 Å². The van der Waals surface area contributed by atoms with Crippen LogP contribution in [0.1, 0.15) is 29.3 Å². The number of H-pyrrole nitrogens is 1. The molecule has 0 saturated carbocycles. The van der Waals surface area contributed by atoms with E-state index in [9.17, 15) is 4.79 Å². The molecule has 2 N–H and O–H groups in total. The summed E-state index contributed by atoms with van der Waals surface area (Å²) >= 11 is 0. The summed E-state index contributed by atoms with van der Waals surface area (Å²) in [5, 5.41) is 2.84. The summed E-state index contributed by atoms with van der Waals surface area (Å²) in [5.41, 5.74) is 2.54. The van der Waals surface area contributed by atoms with Gasteiger partial charge in [0.15, 0.2) is 5.65 Å². The number of aromatic amines is 1. The summed E-state index contributed by atoms with van der Waals surface area (Å²) in [7, 11) is 0. The first kappa shape index (κ1) is 15.0. The number of benzene rings is 1. The number of hydrogen-bond acceptors (Lipinski definition) is 4. The number of carbonyl (C=O) groups excluding carboxylic acids is 1. The van der Waals surface area contributed by atoms with Crippen LogP contribution < -0.4 is 10.1 Å². The number of ether oxygens (including phenoxy) is 1. The van der Waals surface area contributed by atoms with E-state index >= 15 is 0 Å². The Balaban J connectivity index is 1.91. The minimum absolute atomic E-state index is 0.166. The van der Waals surface area contributed by atoms with E-state index in [0.29, 0.717) is 34.9 Å². The molecular formula is C17H18N4O2. The van der Waals surface area contributed by atoms with Gasteiger partial charge >= 0.3 is 0 Å². The predicted molar refractivity (Wildman–Crippen MR) is 87.8 cm³/mol. The lowest BCUT2D eigenvalue weighted by Crippen LogP contribution is -2.23. The lowest BCUT2D eigenvalue weighted by molar-refractivity contribution is 0.0955. The van der Waals surface area contributed by atoms with Crippen LogP contribution in [0.3, 0.4) is 0 Å². The van der Waals surface area contributed by atoms with E-state index in [4.69, 9.17) is 4.74 Å². The van der Waals surface area contributed by atoms with Gasteiger partial charge in [-0.05, 0) is 25.0 Å². The molecule has 0 fully saturated rings. The minimum Gasteiger partial charge on any atom is -0.437 e. The van der Waals surface area contributed by atoms with Crippen molar-refractivity contribution in [1.82, 2.24) is 20.3 Å². The third-order valence-electron chi connectivity index (χ3n) is 3.45. The summed E-state index contributed by atoms with van der Waals surface area (Å²) < 4.78 is 5.78. The molecule has 0 unspecified atom stereocenters. The number of aryl methyl sites for hydroxylation is 1. The van der Waals surface area contributed by atoms with Crippen molar-refractivity contribution in [2.24, 2.45) is 0 Å².